The second kappa shape index (κ2) is 4.77. The fraction of sp³-hybridized carbons (Fsp3) is 0.571. The molecule has 0 spiro atoms. The van der Waals surface area contributed by atoms with Crippen LogP contribution in [0, 0.1) is 5.92 Å². The highest BCUT2D eigenvalue weighted by molar-refractivity contribution is 6.30. The Morgan fingerprint density at radius 3 is 2.94 bits per heavy atom. The largest absolute Gasteiger partial charge is 0.325 e. The lowest BCUT2D eigenvalue weighted by atomic mass is 9.71. The number of hydrogen-bond acceptors (Lipinski definition) is 1. The van der Waals surface area contributed by atoms with E-state index in [0.29, 0.717) is 5.92 Å². The van der Waals surface area contributed by atoms with Gasteiger partial charge >= 0.3 is 0 Å². The smallest absolute Gasteiger partial charge is 0.0408 e. The Morgan fingerprint density at radius 1 is 1.44 bits per heavy atom. The predicted octanol–water partition coefficient (Wildman–Crippen LogP) is 3.79. The molecule has 88 valence electrons. The van der Waals surface area contributed by atoms with Gasteiger partial charge in [-0.1, -0.05) is 43.5 Å². The minimum atomic E-state index is -0.0249. The van der Waals surface area contributed by atoms with Gasteiger partial charge in [0.15, 0.2) is 0 Å². The van der Waals surface area contributed by atoms with Crippen molar-refractivity contribution in [2.75, 3.05) is 0 Å². The van der Waals surface area contributed by atoms with Crippen molar-refractivity contribution in [3.63, 3.8) is 0 Å². The first-order valence-corrected chi connectivity index (χ1v) is 6.51. The van der Waals surface area contributed by atoms with E-state index in [-0.39, 0.29) is 5.54 Å². The van der Waals surface area contributed by atoms with Gasteiger partial charge in [0.1, 0.15) is 0 Å². The topological polar surface area (TPSA) is 26.0 Å². The minimum absolute atomic E-state index is 0.0249. The minimum Gasteiger partial charge on any atom is -0.325 e. The third kappa shape index (κ3) is 2.58. The van der Waals surface area contributed by atoms with Crippen LogP contribution in [0.1, 0.15) is 38.2 Å². The van der Waals surface area contributed by atoms with Crippen LogP contribution >= 0.6 is 11.6 Å². The standard InChI is InChI=1S/C14H20ClN/c1-11-5-2-3-8-14(11,16)10-12-6-4-7-13(15)9-12/h4,6-7,9,11H,2-3,5,8,10,16H2,1H3. The number of hydrogen-bond donors (Lipinski definition) is 1. The summed E-state index contributed by atoms with van der Waals surface area (Å²) in [4.78, 5) is 0. The Balaban J connectivity index is 2.13. The van der Waals surface area contributed by atoms with Crippen LogP contribution in [0.3, 0.4) is 0 Å². The molecular weight excluding hydrogens is 218 g/mol. The van der Waals surface area contributed by atoms with Crippen molar-refractivity contribution in [2.45, 2.75) is 44.6 Å². The van der Waals surface area contributed by atoms with Gasteiger partial charge in [-0.25, -0.2) is 0 Å². The molecule has 0 amide bonds. The number of nitrogens with two attached hydrogens (primary N) is 1. The van der Waals surface area contributed by atoms with Gasteiger partial charge in [0.25, 0.3) is 0 Å². The molecule has 2 unspecified atom stereocenters. The molecule has 0 saturated heterocycles. The van der Waals surface area contributed by atoms with E-state index in [0.717, 1.165) is 17.9 Å². The van der Waals surface area contributed by atoms with Crippen LogP contribution in [0.5, 0.6) is 0 Å². The molecule has 2 N–H and O–H groups in total. The van der Waals surface area contributed by atoms with Gasteiger partial charge in [-0.05, 0) is 42.9 Å². The zero-order valence-corrected chi connectivity index (χ0v) is 10.6. The summed E-state index contributed by atoms with van der Waals surface area (Å²) in [5.74, 6) is 0.611. The Kier molecular flexibility index (Phi) is 3.56. The molecule has 1 fully saturated rings. The SMILES string of the molecule is CC1CCCCC1(N)Cc1cccc(Cl)c1. The van der Waals surface area contributed by atoms with Gasteiger partial charge in [0, 0.05) is 10.6 Å². The lowest BCUT2D eigenvalue weighted by Gasteiger charge is -2.39. The second-order valence-electron chi connectivity index (χ2n) is 5.19. The van der Waals surface area contributed by atoms with Gasteiger partial charge in [-0.3, -0.25) is 0 Å². The molecule has 1 aromatic carbocycles. The van der Waals surface area contributed by atoms with Crippen LogP contribution in [-0.2, 0) is 6.42 Å². The lowest BCUT2D eigenvalue weighted by molar-refractivity contribution is 0.204. The van der Waals surface area contributed by atoms with Crippen LogP contribution in [0.25, 0.3) is 0 Å². The average molecular weight is 238 g/mol. The normalized spacial score (nSPS) is 30.3. The van der Waals surface area contributed by atoms with E-state index >= 15 is 0 Å². The maximum absolute atomic E-state index is 6.54. The van der Waals surface area contributed by atoms with Crippen LogP contribution < -0.4 is 5.73 Å². The van der Waals surface area contributed by atoms with E-state index in [9.17, 15) is 0 Å². The highest BCUT2D eigenvalue weighted by Gasteiger charge is 2.34. The van der Waals surface area contributed by atoms with Crippen LogP contribution in [0.4, 0.5) is 0 Å². The van der Waals surface area contributed by atoms with E-state index in [1.165, 1.54) is 24.8 Å². The Bertz CT molecular complexity index is 364. The highest BCUT2D eigenvalue weighted by Crippen LogP contribution is 2.34. The van der Waals surface area contributed by atoms with Crippen LogP contribution in [0.2, 0.25) is 5.02 Å². The molecule has 0 bridgehead atoms. The van der Waals surface area contributed by atoms with E-state index in [1.807, 2.05) is 18.2 Å². The maximum Gasteiger partial charge on any atom is 0.0408 e. The van der Waals surface area contributed by atoms with Crippen molar-refractivity contribution >= 4 is 11.6 Å². The molecule has 1 aromatic rings. The second-order valence-corrected chi connectivity index (χ2v) is 5.62. The number of benzene rings is 1. The predicted molar refractivity (Wildman–Crippen MR) is 69.7 cm³/mol. The van der Waals surface area contributed by atoms with Crippen molar-refractivity contribution in [1.82, 2.24) is 0 Å². The third-order valence-corrected chi connectivity index (χ3v) is 4.17. The zero-order valence-electron chi connectivity index (χ0n) is 9.88. The first kappa shape index (κ1) is 11.9. The molecule has 1 nitrogen and oxygen atoms in total. The third-order valence-electron chi connectivity index (χ3n) is 3.93. The molecule has 0 radical (unpaired) electrons. The van der Waals surface area contributed by atoms with Crippen molar-refractivity contribution in [3.8, 4) is 0 Å². The van der Waals surface area contributed by atoms with Crippen molar-refractivity contribution < 1.29 is 0 Å². The van der Waals surface area contributed by atoms with Gasteiger partial charge in [-0.15, -0.1) is 0 Å². The highest BCUT2D eigenvalue weighted by atomic mass is 35.5. The number of rotatable bonds is 2. The molecule has 2 rings (SSSR count). The summed E-state index contributed by atoms with van der Waals surface area (Å²) in [5, 5.41) is 0.810. The first-order chi connectivity index (χ1) is 7.60. The average Bonchev–Trinajstić information content (AvgIpc) is 2.23. The molecule has 0 heterocycles. The van der Waals surface area contributed by atoms with Crippen molar-refractivity contribution in [2.24, 2.45) is 11.7 Å². The van der Waals surface area contributed by atoms with E-state index in [1.54, 1.807) is 0 Å². The van der Waals surface area contributed by atoms with E-state index in [4.69, 9.17) is 17.3 Å². The van der Waals surface area contributed by atoms with Gasteiger partial charge in [-0.2, -0.15) is 0 Å². The molecule has 0 aliphatic heterocycles. The van der Waals surface area contributed by atoms with Crippen LogP contribution in [-0.4, -0.2) is 5.54 Å². The molecule has 1 aliphatic rings. The van der Waals surface area contributed by atoms with Gasteiger partial charge in [0.05, 0.1) is 0 Å². The molecule has 1 saturated carbocycles. The fourth-order valence-corrected chi connectivity index (χ4v) is 2.94. The summed E-state index contributed by atoms with van der Waals surface area (Å²) in [6.45, 7) is 2.28. The molecule has 2 heteroatoms. The Morgan fingerprint density at radius 2 is 2.25 bits per heavy atom. The fourth-order valence-electron chi connectivity index (χ4n) is 2.73. The van der Waals surface area contributed by atoms with E-state index < -0.39 is 0 Å². The maximum atomic E-state index is 6.54. The summed E-state index contributed by atoms with van der Waals surface area (Å²) in [5.41, 5.74) is 7.78. The Hall–Kier alpha value is -0.530. The Labute approximate surface area is 103 Å². The molecule has 16 heavy (non-hydrogen) atoms. The summed E-state index contributed by atoms with van der Waals surface area (Å²) in [6.07, 6.45) is 5.95. The zero-order chi connectivity index (χ0) is 11.6. The summed E-state index contributed by atoms with van der Waals surface area (Å²) >= 11 is 6.00. The van der Waals surface area contributed by atoms with Crippen molar-refractivity contribution in [3.05, 3.63) is 34.9 Å². The van der Waals surface area contributed by atoms with Gasteiger partial charge < -0.3 is 5.73 Å². The summed E-state index contributed by atoms with van der Waals surface area (Å²) in [7, 11) is 0. The molecule has 0 aromatic heterocycles. The quantitative estimate of drug-likeness (QED) is 0.832. The first-order valence-electron chi connectivity index (χ1n) is 6.13. The monoisotopic (exact) mass is 237 g/mol. The molecule has 2 atom stereocenters. The molecular formula is C14H20ClN. The van der Waals surface area contributed by atoms with E-state index in [2.05, 4.69) is 13.0 Å². The molecule has 1 aliphatic carbocycles. The van der Waals surface area contributed by atoms with Crippen molar-refractivity contribution in [1.29, 1.82) is 0 Å². The lowest BCUT2D eigenvalue weighted by Crippen LogP contribution is -2.49. The summed E-state index contributed by atoms with van der Waals surface area (Å²) in [6, 6.07) is 8.09. The summed E-state index contributed by atoms with van der Waals surface area (Å²) < 4.78 is 0. The van der Waals surface area contributed by atoms with Gasteiger partial charge in [0.2, 0.25) is 0 Å². The number of halogens is 1. The van der Waals surface area contributed by atoms with Crippen LogP contribution in [0.15, 0.2) is 24.3 Å².